The van der Waals surface area contributed by atoms with Gasteiger partial charge >= 0.3 is 6.18 Å². The Morgan fingerprint density at radius 2 is 2.05 bits per heavy atom. The predicted molar refractivity (Wildman–Crippen MR) is 76.8 cm³/mol. The van der Waals surface area contributed by atoms with Gasteiger partial charge in [-0.2, -0.15) is 13.2 Å². The Bertz CT molecular complexity index is 674. The highest BCUT2D eigenvalue weighted by atomic mass is 19.4. The molecule has 2 aromatic rings. The number of aryl methyl sites for hydroxylation is 1. The maximum Gasteiger partial charge on any atom is 0.409 e. The molecule has 0 saturated heterocycles. The minimum Gasteiger partial charge on any atom is -0.497 e. The molecule has 1 heterocycles. The fourth-order valence-electron chi connectivity index (χ4n) is 2.81. The number of methoxy groups -OCH3 is 1. The highest BCUT2D eigenvalue weighted by Crippen LogP contribution is 2.49. The van der Waals surface area contributed by atoms with E-state index in [1.165, 1.54) is 17.9 Å². The van der Waals surface area contributed by atoms with E-state index in [4.69, 9.17) is 4.74 Å². The van der Waals surface area contributed by atoms with Crippen molar-refractivity contribution in [3.05, 3.63) is 36.2 Å². The highest BCUT2D eigenvalue weighted by Gasteiger charge is 2.51. The fourth-order valence-corrected chi connectivity index (χ4v) is 2.81. The molecule has 1 saturated carbocycles. The molecule has 118 valence electrons. The minimum absolute atomic E-state index is 0.339. The van der Waals surface area contributed by atoms with Crippen LogP contribution in [0.3, 0.4) is 0 Å². The molecule has 0 radical (unpaired) electrons. The average molecular weight is 310 g/mol. The van der Waals surface area contributed by atoms with E-state index in [0.717, 1.165) is 0 Å². The Morgan fingerprint density at radius 1 is 1.32 bits per heavy atom. The summed E-state index contributed by atoms with van der Waals surface area (Å²) in [5.41, 5.74) is 1.15. The van der Waals surface area contributed by atoms with E-state index in [0.29, 0.717) is 35.7 Å². The summed E-state index contributed by atoms with van der Waals surface area (Å²) in [4.78, 5) is 4.21. The molecule has 0 spiro atoms. The van der Waals surface area contributed by atoms with Crippen molar-refractivity contribution in [2.24, 2.45) is 5.92 Å². The smallest absolute Gasteiger partial charge is 0.409 e. The Balaban J connectivity index is 2.10. The largest absolute Gasteiger partial charge is 0.497 e. The number of nitrogens with zero attached hydrogens (tertiary/aromatic N) is 2. The number of alkyl halides is 3. The van der Waals surface area contributed by atoms with Crippen molar-refractivity contribution < 1.29 is 17.9 Å². The summed E-state index contributed by atoms with van der Waals surface area (Å²) < 4.78 is 47.0. The summed E-state index contributed by atoms with van der Waals surface area (Å²) in [6.07, 6.45) is -1.56. The molecule has 1 aromatic heterocycles. The van der Waals surface area contributed by atoms with Crippen molar-refractivity contribution in [2.75, 3.05) is 7.11 Å². The third-order valence-corrected chi connectivity index (χ3v) is 3.99. The average Bonchev–Trinajstić information content (AvgIpc) is 3.22. The molecule has 1 aliphatic carbocycles. The van der Waals surface area contributed by atoms with Gasteiger partial charge in [0.25, 0.3) is 0 Å². The van der Waals surface area contributed by atoms with Crippen molar-refractivity contribution in [3.63, 3.8) is 0 Å². The van der Waals surface area contributed by atoms with Crippen LogP contribution in [0.5, 0.6) is 5.75 Å². The predicted octanol–water partition coefficient (Wildman–Crippen LogP) is 4.38. The van der Waals surface area contributed by atoms with E-state index in [9.17, 15) is 13.2 Å². The van der Waals surface area contributed by atoms with Crippen molar-refractivity contribution in [2.45, 2.75) is 32.0 Å². The van der Waals surface area contributed by atoms with Gasteiger partial charge in [0.1, 0.15) is 17.6 Å². The van der Waals surface area contributed by atoms with E-state index in [1.54, 1.807) is 31.2 Å². The van der Waals surface area contributed by atoms with E-state index in [-0.39, 0.29) is 5.92 Å². The Labute approximate surface area is 126 Å². The summed E-state index contributed by atoms with van der Waals surface area (Å²) in [6, 6.07) is 5.46. The third-order valence-electron chi connectivity index (χ3n) is 3.99. The van der Waals surface area contributed by atoms with Gasteiger partial charge in [0, 0.05) is 17.5 Å². The first kappa shape index (κ1) is 14.9. The van der Waals surface area contributed by atoms with E-state index >= 15 is 0 Å². The Hall–Kier alpha value is -1.98. The molecular weight excluding hydrogens is 293 g/mol. The van der Waals surface area contributed by atoms with E-state index in [1.807, 2.05) is 0 Å². The number of rotatable bonds is 4. The number of benzene rings is 1. The summed E-state index contributed by atoms with van der Waals surface area (Å²) in [5.74, 6) is 0.586. The van der Waals surface area contributed by atoms with Crippen molar-refractivity contribution in [3.8, 4) is 17.1 Å². The first-order valence-corrected chi connectivity index (χ1v) is 7.17. The lowest BCUT2D eigenvalue weighted by atomic mass is 10.1. The zero-order valence-corrected chi connectivity index (χ0v) is 12.4. The zero-order chi connectivity index (χ0) is 15.9. The van der Waals surface area contributed by atoms with Crippen molar-refractivity contribution >= 4 is 0 Å². The van der Waals surface area contributed by atoms with Gasteiger partial charge in [0.2, 0.25) is 0 Å². The van der Waals surface area contributed by atoms with E-state index < -0.39 is 12.2 Å². The molecule has 3 nitrogen and oxygen atoms in total. The quantitative estimate of drug-likeness (QED) is 0.838. The Kier molecular flexibility index (Phi) is 3.62. The number of hydrogen-bond donors (Lipinski definition) is 0. The molecule has 22 heavy (non-hydrogen) atoms. The van der Waals surface area contributed by atoms with Gasteiger partial charge in [-0.25, -0.2) is 4.98 Å². The second kappa shape index (κ2) is 5.34. The van der Waals surface area contributed by atoms with Crippen molar-refractivity contribution in [1.29, 1.82) is 0 Å². The second-order valence-corrected chi connectivity index (χ2v) is 5.65. The summed E-state index contributed by atoms with van der Waals surface area (Å²) in [6.45, 7) is 1.66. The number of aromatic nitrogens is 2. The van der Waals surface area contributed by atoms with Gasteiger partial charge in [-0.05, 0) is 37.8 Å². The first-order valence-electron chi connectivity index (χ1n) is 7.17. The number of hydrogen-bond acceptors (Lipinski definition) is 2. The standard InChI is InChI=1S/C16H17F3N2O/c1-10-9-20-15(12-4-3-5-13(8-12)22-2)21(10)14(11-6-7-11)16(17,18)19/h3-5,8-9,11,14H,6-7H2,1-2H3. The lowest BCUT2D eigenvalue weighted by molar-refractivity contribution is -0.173. The normalized spacial score (nSPS) is 16.6. The molecule has 1 unspecified atom stereocenters. The third kappa shape index (κ3) is 2.69. The van der Waals surface area contributed by atoms with Gasteiger partial charge in [0.15, 0.2) is 0 Å². The lowest BCUT2D eigenvalue weighted by Gasteiger charge is -2.25. The SMILES string of the molecule is COc1cccc(-c2ncc(C)n2C(C2CC2)C(F)(F)F)c1. The van der Waals surface area contributed by atoms with Gasteiger partial charge in [-0.3, -0.25) is 0 Å². The maximum absolute atomic E-state index is 13.5. The van der Waals surface area contributed by atoms with Crippen LogP contribution in [0.4, 0.5) is 13.2 Å². The molecule has 0 bridgehead atoms. The van der Waals surface area contributed by atoms with E-state index in [2.05, 4.69) is 4.98 Å². The zero-order valence-electron chi connectivity index (χ0n) is 12.4. The van der Waals surface area contributed by atoms with Crippen molar-refractivity contribution in [1.82, 2.24) is 9.55 Å². The number of halogens is 3. The fraction of sp³-hybridized carbons (Fsp3) is 0.438. The molecular formula is C16H17F3N2O. The molecule has 0 aliphatic heterocycles. The summed E-state index contributed by atoms with van der Waals surface area (Å²) in [5, 5.41) is 0. The molecule has 3 rings (SSSR count). The van der Waals surface area contributed by atoms with Crippen LogP contribution < -0.4 is 4.74 Å². The molecule has 1 aliphatic rings. The first-order chi connectivity index (χ1) is 10.4. The van der Waals surface area contributed by atoms with Crippen LogP contribution in [0, 0.1) is 12.8 Å². The molecule has 0 amide bonds. The van der Waals surface area contributed by atoms with Crippen LogP contribution in [0.2, 0.25) is 0 Å². The maximum atomic E-state index is 13.5. The molecule has 0 N–H and O–H groups in total. The summed E-state index contributed by atoms with van der Waals surface area (Å²) in [7, 11) is 1.53. The monoisotopic (exact) mass is 310 g/mol. The van der Waals surface area contributed by atoms with Crippen LogP contribution >= 0.6 is 0 Å². The van der Waals surface area contributed by atoms with Crippen LogP contribution in [0.25, 0.3) is 11.4 Å². The van der Waals surface area contributed by atoms with Crippen LogP contribution in [0.15, 0.2) is 30.5 Å². The Morgan fingerprint density at radius 3 is 2.64 bits per heavy atom. The van der Waals surface area contributed by atoms with Crippen LogP contribution in [-0.4, -0.2) is 22.8 Å². The van der Waals surface area contributed by atoms with Gasteiger partial charge in [-0.15, -0.1) is 0 Å². The molecule has 1 fully saturated rings. The topological polar surface area (TPSA) is 27.1 Å². The van der Waals surface area contributed by atoms with Gasteiger partial charge in [0.05, 0.1) is 7.11 Å². The highest BCUT2D eigenvalue weighted by molar-refractivity contribution is 5.59. The van der Waals surface area contributed by atoms with Crippen LogP contribution in [0.1, 0.15) is 24.6 Å². The molecule has 6 heteroatoms. The molecule has 1 atom stereocenters. The van der Waals surface area contributed by atoms with Crippen LogP contribution in [-0.2, 0) is 0 Å². The van der Waals surface area contributed by atoms with Gasteiger partial charge in [-0.1, -0.05) is 12.1 Å². The van der Waals surface area contributed by atoms with Gasteiger partial charge < -0.3 is 9.30 Å². The minimum atomic E-state index is -4.28. The lowest BCUT2D eigenvalue weighted by Crippen LogP contribution is -2.29. The second-order valence-electron chi connectivity index (χ2n) is 5.65. The number of imidazole rings is 1. The summed E-state index contributed by atoms with van der Waals surface area (Å²) >= 11 is 0. The number of ether oxygens (including phenoxy) is 1. The molecule has 1 aromatic carbocycles.